The molecule has 0 heterocycles. The van der Waals surface area contributed by atoms with Gasteiger partial charge in [0.2, 0.25) is 0 Å². The van der Waals surface area contributed by atoms with E-state index in [9.17, 15) is 10.1 Å². The topological polar surface area (TPSA) is 64.4 Å². The Hall–Kier alpha value is -1.62. The number of nitrogens with one attached hydrogen (secondary N) is 1. The first-order valence-electron chi connectivity index (χ1n) is 7.68. The SMILES string of the molecule is CCC1CCCC(NCc2cc([N+](=O)[O-])ccc2OC)C1. The fourth-order valence-corrected chi connectivity index (χ4v) is 3.12. The molecule has 0 saturated heterocycles. The smallest absolute Gasteiger partial charge is 0.270 e. The van der Waals surface area contributed by atoms with Crippen molar-refractivity contribution in [1.29, 1.82) is 0 Å². The Balaban J connectivity index is 2.01. The summed E-state index contributed by atoms with van der Waals surface area (Å²) in [5.74, 6) is 1.51. The molecule has 1 aromatic carbocycles. The average molecular weight is 292 g/mol. The van der Waals surface area contributed by atoms with E-state index in [2.05, 4.69) is 12.2 Å². The molecule has 0 radical (unpaired) electrons. The van der Waals surface area contributed by atoms with Crippen molar-refractivity contribution in [3.8, 4) is 5.75 Å². The Morgan fingerprint density at radius 2 is 2.24 bits per heavy atom. The fraction of sp³-hybridized carbons (Fsp3) is 0.625. The van der Waals surface area contributed by atoms with Gasteiger partial charge in [-0.3, -0.25) is 10.1 Å². The number of rotatable bonds is 6. The monoisotopic (exact) mass is 292 g/mol. The number of ether oxygens (including phenoxy) is 1. The van der Waals surface area contributed by atoms with Crippen molar-refractivity contribution in [2.24, 2.45) is 5.92 Å². The van der Waals surface area contributed by atoms with E-state index < -0.39 is 0 Å². The highest BCUT2D eigenvalue weighted by Crippen LogP contribution is 2.28. The zero-order valence-electron chi connectivity index (χ0n) is 12.8. The van der Waals surface area contributed by atoms with Gasteiger partial charge in [0.25, 0.3) is 5.69 Å². The highest BCUT2D eigenvalue weighted by atomic mass is 16.6. The molecule has 0 bridgehead atoms. The van der Waals surface area contributed by atoms with Gasteiger partial charge in [0, 0.05) is 30.3 Å². The van der Waals surface area contributed by atoms with E-state index in [0.717, 1.165) is 11.5 Å². The standard InChI is InChI=1S/C16H24N2O3/c1-3-12-5-4-6-14(9-12)17-11-13-10-15(18(19)20)7-8-16(13)21-2/h7-8,10,12,14,17H,3-6,9,11H2,1-2H3. The van der Waals surface area contributed by atoms with Gasteiger partial charge in [-0.1, -0.05) is 26.2 Å². The molecule has 0 aromatic heterocycles. The number of benzene rings is 1. The molecule has 5 heteroatoms. The molecule has 116 valence electrons. The number of nitrogens with zero attached hydrogens (tertiary/aromatic N) is 1. The fourth-order valence-electron chi connectivity index (χ4n) is 3.12. The lowest BCUT2D eigenvalue weighted by Crippen LogP contribution is -2.33. The van der Waals surface area contributed by atoms with Gasteiger partial charge in [-0.05, 0) is 24.8 Å². The molecule has 1 aliphatic carbocycles. The van der Waals surface area contributed by atoms with Gasteiger partial charge in [-0.15, -0.1) is 0 Å². The van der Waals surface area contributed by atoms with Crippen molar-refractivity contribution < 1.29 is 9.66 Å². The lowest BCUT2D eigenvalue weighted by atomic mass is 9.84. The molecule has 2 rings (SSSR count). The maximum absolute atomic E-state index is 10.9. The van der Waals surface area contributed by atoms with E-state index in [0.29, 0.717) is 18.3 Å². The Kier molecular flexibility index (Phi) is 5.56. The van der Waals surface area contributed by atoms with E-state index >= 15 is 0 Å². The van der Waals surface area contributed by atoms with E-state index in [4.69, 9.17) is 4.74 Å². The number of nitro groups is 1. The van der Waals surface area contributed by atoms with E-state index in [-0.39, 0.29) is 10.6 Å². The van der Waals surface area contributed by atoms with Crippen LogP contribution < -0.4 is 10.1 Å². The van der Waals surface area contributed by atoms with E-state index in [1.54, 1.807) is 19.2 Å². The Labute approximate surface area is 125 Å². The third-order valence-corrected chi connectivity index (χ3v) is 4.42. The highest BCUT2D eigenvalue weighted by molar-refractivity contribution is 5.43. The molecule has 2 atom stereocenters. The van der Waals surface area contributed by atoms with Gasteiger partial charge in [0.15, 0.2) is 0 Å². The Morgan fingerprint density at radius 1 is 1.43 bits per heavy atom. The molecule has 1 fully saturated rings. The van der Waals surface area contributed by atoms with Gasteiger partial charge in [-0.2, -0.15) is 0 Å². The predicted molar refractivity (Wildman–Crippen MR) is 82.5 cm³/mol. The maximum Gasteiger partial charge on any atom is 0.270 e. The molecule has 1 N–H and O–H groups in total. The third-order valence-electron chi connectivity index (χ3n) is 4.42. The van der Waals surface area contributed by atoms with Gasteiger partial charge in [-0.25, -0.2) is 0 Å². The molecule has 1 saturated carbocycles. The molecule has 5 nitrogen and oxygen atoms in total. The van der Waals surface area contributed by atoms with Crippen molar-refractivity contribution in [3.63, 3.8) is 0 Å². The first-order chi connectivity index (χ1) is 10.1. The number of methoxy groups -OCH3 is 1. The first kappa shape index (κ1) is 15.8. The van der Waals surface area contributed by atoms with Gasteiger partial charge >= 0.3 is 0 Å². The minimum atomic E-state index is -0.364. The molecular weight excluding hydrogens is 268 g/mol. The zero-order chi connectivity index (χ0) is 15.2. The summed E-state index contributed by atoms with van der Waals surface area (Å²) in [5, 5.41) is 14.4. The summed E-state index contributed by atoms with van der Waals surface area (Å²) in [6.45, 7) is 2.86. The van der Waals surface area contributed by atoms with Crippen LogP contribution in [-0.2, 0) is 6.54 Å². The van der Waals surface area contributed by atoms with Crippen molar-refractivity contribution in [2.75, 3.05) is 7.11 Å². The van der Waals surface area contributed by atoms with Crippen LogP contribution in [0.3, 0.4) is 0 Å². The predicted octanol–water partition coefficient (Wildman–Crippen LogP) is 3.66. The largest absolute Gasteiger partial charge is 0.496 e. The van der Waals surface area contributed by atoms with Crippen molar-refractivity contribution >= 4 is 5.69 Å². The van der Waals surface area contributed by atoms with Crippen LogP contribution in [0.4, 0.5) is 5.69 Å². The molecule has 1 aromatic rings. The number of nitro benzene ring substituents is 1. The minimum Gasteiger partial charge on any atom is -0.496 e. The van der Waals surface area contributed by atoms with Gasteiger partial charge in [0.05, 0.1) is 12.0 Å². The van der Waals surface area contributed by atoms with Crippen LogP contribution in [0, 0.1) is 16.0 Å². The second kappa shape index (κ2) is 7.41. The summed E-state index contributed by atoms with van der Waals surface area (Å²) >= 11 is 0. The second-order valence-corrected chi connectivity index (χ2v) is 5.77. The van der Waals surface area contributed by atoms with Gasteiger partial charge in [0.1, 0.15) is 5.75 Å². The molecule has 1 aliphatic rings. The summed E-state index contributed by atoms with van der Waals surface area (Å²) in [6, 6.07) is 5.26. The molecule has 0 aliphatic heterocycles. The third kappa shape index (κ3) is 4.17. The molecule has 21 heavy (non-hydrogen) atoms. The van der Waals surface area contributed by atoms with Gasteiger partial charge < -0.3 is 10.1 Å². The van der Waals surface area contributed by atoms with Crippen LogP contribution in [0.15, 0.2) is 18.2 Å². The molecule has 0 spiro atoms. The summed E-state index contributed by atoms with van der Waals surface area (Å²) in [4.78, 5) is 10.5. The maximum atomic E-state index is 10.9. The normalized spacial score (nSPS) is 22.0. The minimum absolute atomic E-state index is 0.114. The molecule has 0 amide bonds. The summed E-state index contributed by atoms with van der Waals surface area (Å²) in [7, 11) is 1.60. The summed E-state index contributed by atoms with van der Waals surface area (Å²) in [6.07, 6.45) is 6.22. The van der Waals surface area contributed by atoms with Crippen molar-refractivity contribution in [1.82, 2.24) is 5.32 Å². The summed E-state index contributed by atoms with van der Waals surface area (Å²) < 4.78 is 5.30. The van der Waals surface area contributed by atoms with Crippen LogP contribution in [0.2, 0.25) is 0 Å². The lowest BCUT2D eigenvalue weighted by molar-refractivity contribution is -0.384. The zero-order valence-corrected chi connectivity index (χ0v) is 12.8. The lowest BCUT2D eigenvalue weighted by Gasteiger charge is -2.29. The van der Waals surface area contributed by atoms with Crippen LogP contribution in [-0.4, -0.2) is 18.1 Å². The van der Waals surface area contributed by atoms with Crippen LogP contribution >= 0.6 is 0 Å². The average Bonchev–Trinajstić information content (AvgIpc) is 2.52. The number of hydrogen-bond donors (Lipinski definition) is 1. The second-order valence-electron chi connectivity index (χ2n) is 5.77. The highest BCUT2D eigenvalue weighted by Gasteiger charge is 2.21. The van der Waals surface area contributed by atoms with Crippen LogP contribution in [0.1, 0.15) is 44.6 Å². The van der Waals surface area contributed by atoms with Crippen LogP contribution in [0.25, 0.3) is 0 Å². The Morgan fingerprint density at radius 3 is 2.90 bits per heavy atom. The van der Waals surface area contributed by atoms with Crippen LogP contribution in [0.5, 0.6) is 5.75 Å². The Bertz CT molecular complexity index is 490. The molecule has 2 unspecified atom stereocenters. The summed E-state index contributed by atoms with van der Waals surface area (Å²) in [5.41, 5.74) is 0.966. The van der Waals surface area contributed by atoms with E-state index in [1.807, 2.05) is 0 Å². The molecular formula is C16H24N2O3. The number of non-ortho nitro benzene ring substituents is 1. The quantitative estimate of drug-likeness (QED) is 0.642. The first-order valence-corrected chi connectivity index (χ1v) is 7.68. The van der Waals surface area contributed by atoms with E-state index in [1.165, 1.54) is 38.2 Å². The van der Waals surface area contributed by atoms with Crippen molar-refractivity contribution in [2.45, 2.75) is 51.6 Å². The number of hydrogen-bond acceptors (Lipinski definition) is 4. The van der Waals surface area contributed by atoms with Crippen molar-refractivity contribution in [3.05, 3.63) is 33.9 Å².